The van der Waals surface area contributed by atoms with E-state index >= 15 is 0 Å². The van der Waals surface area contributed by atoms with Crippen LogP contribution in [0.25, 0.3) is 0 Å². The van der Waals surface area contributed by atoms with Gasteiger partial charge in [-0.3, -0.25) is 9.48 Å². The fourth-order valence-corrected chi connectivity index (χ4v) is 3.86. The Morgan fingerprint density at radius 1 is 1.38 bits per heavy atom. The summed E-state index contributed by atoms with van der Waals surface area (Å²) in [6.07, 6.45) is 6.29. The topological polar surface area (TPSA) is 60.2 Å². The second-order valence-corrected chi connectivity index (χ2v) is 6.64. The van der Waals surface area contributed by atoms with Gasteiger partial charge in [-0.1, -0.05) is 18.2 Å². The molecule has 2 aliphatic rings. The van der Waals surface area contributed by atoms with Crippen LogP contribution in [0.3, 0.4) is 0 Å². The van der Waals surface area contributed by atoms with Crippen molar-refractivity contribution in [2.24, 2.45) is 5.92 Å². The number of para-hydroxylation sites is 1. The molecule has 3 atom stereocenters. The number of nitrogens with zero attached hydrogens (tertiary/aromatic N) is 4. The van der Waals surface area contributed by atoms with Crippen LogP contribution in [0.5, 0.6) is 5.75 Å². The fraction of sp³-hybridized carbons (Fsp3) is 0.500. The predicted octanol–water partition coefficient (Wildman–Crippen LogP) is 2.08. The summed E-state index contributed by atoms with van der Waals surface area (Å²) in [5.74, 6) is 1.56. The van der Waals surface area contributed by atoms with Crippen LogP contribution in [0.15, 0.2) is 36.9 Å². The third-order valence-corrected chi connectivity index (χ3v) is 5.17. The zero-order chi connectivity index (χ0) is 16.5. The monoisotopic (exact) mass is 326 g/mol. The second kappa shape index (κ2) is 6.26. The lowest BCUT2D eigenvalue weighted by molar-refractivity contribution is -0.133. The van der Waals surface area contributed by atoms with Gasteiger partial charge in [-0.15, -0.1) is 0 Å². The first-order valence-corrected chi connectivity index (χ1v) is 8.53. The summed E-state index contributed by atoms with van der Waals surface area (Å²) >= 11 is 0. The molecule has 0 unspecified atom stereocenters. The van der Waals surface area contributed by atoms with Gasteiger partial charge in [0.2, 0.25) is 5.91 Å². The third kappa shape index (κ3) is 2.77. The molecular weight excluding hydrogens is 304 g/mol. The molecule has 1 amide bonds. The molecule has 0 N–H and O–H groups in total. The summed E-state index contributed by atoms with van der Waals surface area (Å²) in [6, 6.07) is 8.27. The molecule has 0 bridgehead atoms. The average molecular weight is 326 g/mol. The predicted molar refractivity (Wildman–Crippen MR) is 88.6 cm³/mol. The van der Waals surface area contributed by atoms with Gasteiger partial charge in [-0.25, -0.2) is 4.98 Å². The Bertz CT molecular complexity index is 716. The lowest BCUT2D eigenvalue weighted by atomic mass is 10.1. The van der Waals surface area contributed by atoms with Crippen molar-refractivity contribution in [2.45, 2.75) is 37.8 Å². The van der Waals surface area contributed by atoms with Gasteiger partial charge in [0.05, 0.1) is 19.7 Å². The molecule has 24 heavy (non-hydrogen) atoms. The number of carbonyl (C=O) groups is 1. The summed E-state index contributed by atoms with van der Waals surface area (Å²) in [4.78, 5) is 19.0. The van der Waals surface area contributed by atoms with E-state index in [0.29, 0.717) is 5.92 Å². The van der Waals surface area contributed by atoms with Crippen molar-refractivity contribution >= 4 is 5.91 Å². The van der Waals surface area contributed by atoms with Gasteiger partial charge in [0.25, 0.3) is 0 Å². The van der Waals surface area contributed by atoms with E-state index in [1.165, 1.54) is 0 Å². The number of amides is 1. The summed E-state index contributed by atoms with van der Waals surface area (Å²) in [6.45, 7) is 1.59. The van der Waals surface area contributed by atoms with Gasteiger partial charge in [0.1, 0.15) is 18.4 Å². The molecular formula is C18H22N4O2. The first kappa shape index (κ1) is 15.2. The lowest BCUT2D eigenvalue weighted by Gasteiger charge is -2.25. The molecule has 1 aromatic heterocycles. The molecule has 1 saturated carbocycles. The van der Waals surface area contributed by atoms with Crippen molar-refractivity contribution < 1.29 is 9.53 Å². The fourth-order valence-electron chi connectivity index (χ4n) is 3.86. The third-order valence-electron chi connectivity index (χ3n) is 5.17. The van der Waals surface area contributed by atoms with Crippen molar-refractivity contribution in [2.75, 3.05) is 13.7 Å². The number of carbonyl (C=O) groups excluding carboxylic acids is 1. The minimum atomic E-state index is 0.0950. The Kier molecular flexibility index (Phi) is 3.96. The Hall–Kier alpha value is -2.37. The molecule has 1 aliphatic carbocycles. The van der Waals surface area contributed by atoms with Gasteiger partial charge in [-0.05, 0) is 36.8 Å². The maximum absolute atomic E-state index is 13.0. The highest BCUT2D eigenvalue weighted by molar-refractivity contribution is 5.83. The van der Waals surface area contributed by atoms with Gasteiger partial charge in [0, 0.05) is 12.5 Å². The van der Waals surface area contributed by atoms with Crippen LogP contribution < -0.4 is 4.74 Å². The number of ether oxygens (including phenoxy) is 1. The molecule has 2 heterocycles. The lowest BCUT2D eigenvalue weighted by Crippen LogP contribution is -2.39. The maximum Gasteiger partial charge on any atom is 0.226 e. The second-order valence-electron chi connectivity index (χ2n) is 6.64. The van der Waals surface area contributed by atoms with Crippen molar-refractivity contribution in [3.05, 3.63) is 42.5 Å². The molecule has 2 fully saturated rings. The van der Waals surface area contributed by atoms with E-state index in [-0.39, 0.29) is 17.9 Å². The van der Waals surface area contributed by atoms with Crippen molar-refractivity contribution in [1.82, 2.24) is 19.7 Å². The smallest absolute Gasteiger partial charge is 0.226 e. The van der Waals surface area contributed by atoms with E-state index < -0.39 is 0 Å². The zero-order valence-electron chi connectivity index (χ0n) is 13.8. The van der Waals surface area contributed by atoms with E-state index in [9.17, 15) is 4.79 Å². The zero-order valence-corrected chi connectivity index (χ0v) is 13.8. The number of hydrogen-bond acceptors (Lipinski definition) is 4. The Balaban J connectivity index is 1.44. The Morgan fingerprint density at radius 3 is 3.04 bits per heavy atom. The van der Waals surface area contributed by atoms with E-state index in [2.05, 4.69) is 21.0 Å². The number of methoxy groups -OCH3 is 1. The summed E-state index contributed by atoms with van der Waals surface area (Å²) in [7, 11) is 1.69. The van der Waals surface area contributed by atoms with Gasteiger partial charge in [-0.2, -0.15) is 5.10 Å². The molecule has 2 aromatic rings. The maximum atomic E-state index is 13.0. The highest BCUT2D eigenvalue weighted by Gasteiger charge is 2.48. The minimum absolute atomic E-state index is 0.0950. The Morgan fingerprint density at radius 2 is 2.25 bits per heavy atom. The standard InChI is InChI=1S/C18H22N4O2/c1-24-17-7-3-2-6-14(17)15-9-16(15)18(23)22-8-4-5-13(22)10-21-12-19-11-20-21/h2-3,6-7,11-13,15-16H,4-5,8-10H2,1H3/t13-,15-,16-/m0/s1. The number of rotatable bonds is 5. The summed E-state index contributed by atoms with van der Waals surface area (Å²) in [5.41, 5.74) is 1.16. The highest BCUT2D eigenvalue weighted by Crippen LogP contribution is 2.51. The molecule has 1 saturated heterocycles. The van der Waals surface area contributed by atoms with Crippen LogP contribution in [-0.2, 0) is 11.3 Å². The van der Waals surface area contributed by atoms with E-state index in [0.717, 1.165) is 43.7 Å². The van der Waals surface area contributed by atoms with Gasteiger partial charge >= 0.3 is 0 Å². The summed E-state index contributed by atoms with van der Waals surface area (Å²) < 4.78 is 7.27. The average Bonchev–Trinajstić information content (AvgIpc) is 3.00. The van der Waals surface area contributed by atoms with Gasteiger partial charge < -0.3 is 9.64 Å². The minimum Gasteiger partial charge on any atom is -0.496 e. The molecule has 1 aliphatic heterocycles. The molecule has 1 aromatic carbocycles. The van der Waals surface area contributed by atoms with Crippen LogP contribution in [0, 0.1) is 5.92 Å². The van der Waals surface area contributed by atoms with Crippen LogP contribution in [0.2, 0.25) is 0 Å². The van der Waals surface area contributed by atoms with Gasteiger partial charge in [0.15, 0.2) is 0 Å². The molecule has 0 radical (unpaired) electrons. The number of benzene rings is 1. The molecule has 126 valence electrons. The van der Waals surface area contributed by atoms with Crippen molar-refractivity contribution in [3.63, 3.8) is 0 Å². The number of likely N-dealkylation sites (tertiary alicyclic amines) is 1. The first-order valence-electron chi connectivity index (χ1n) is 8.53. The largest absolute Gasteiger partial charge is 0.496 e. The molecule has 0 spiro atoms. The van der Waals surface area contributed by atoms with E-state index in [1.54, 1.807) is 19.8 Å². The first-order chi connectivity index (χ1) is 11.8. The van der Waals surface area contributed by atoms with E-state index in [4.69, 9.17) is 4.74 Å². The van der Waals surface area contributed by atoms with E-state index in [1.807, 2.05) is 22.9 Å². The number of aromatic nitrogens is 3. The van der Waals surface area contributed by atoms with Crippen molar-refractivity contribution in [1.29, 1.82) is 0 Å². The summed E-state index contributed by atoms with van der Waals surface area (Å²) in [5, 5.41) is 4.17. The molecule has 4 rings (SSSR count). The molecule has 6 heteroatoms. The normalized spacial score (nSPS) is 25.7. The van der Waals surface area contributed by atoms with Crippen LogP contribution in [0.4, 0.5) is 0 Å². The quantitative estimate of drug-likeness (QED) is 0.844. The molecule has 6 nitrogen and oxygen atoms in total. The highest BCUT2D eigenvalue weighted by atomic mass is 16.5. The van der Waals surface area contributed by atoms with Crippen LogP contribution >= 0.6 is 0 Å². The Labute approximate surface area is 141 Å². The van der Waals surface area contributed by atoms with Crippen molar-refractivity contribution in [3.8, 4) is 5.75 Å². The van der Waals surface area contributed by atoms with Crippen LogP contribution in [-0.4, -0.2) is 45.3 Å². The SMILES string of the molecule is COc1ccccc1[C@@H]1C[C@@H]1C(=O)N1CCC[C@H]1Cn1cncn1. The number of hydrogen-bond donors (Lipinski definition) is 0. The van der Waals surface area contributed by atoms with Crippen LogP contribution in [0.1, 0.15) is 30.7 Å².